The lowest BCUT2D eigenvalue weighted by molar-refractivity contribution is 0.0647. The van der Waals surface area contributed by atoms with Crippen LogP contribution in [0.1, 0.15) is 17.4 Å². The van der Waals surface area contributed by atoms with Gasteiger partial charge in [0, 0.05) is 31.7 Å². The van der Waals surface area contributed by atoms with Gasteiger partial charge < -0.3 is 10.2 Å². The molecule has 0 bridgehead atoms. The zero-order valence-electron chi connectivity index (χ0n) is 13.1. The molecule has 1 atom stereocenters. The average Bonchev–Trinajstić information content (AvgIpc) is 2.56. The number of aromatic nitrogens is 2. The minimum absolute atomic E-state index is 0. The highest BCUT2D eigenvalue weighted by atomic mass is 35.5. The van der Waals surface area contributed by atoms with E-state index < -0.39 is 5.82 Å². The van der Waals surface area contributed by atoms with Crippen LogP contribution in [0.15, 0.2) is 41.2 Å². The van der Waals surface area contributed by atoms with Crippen LogP contribution in [0.25, 0.3) is 5.69 Å². The van der Waals surface area contributed by atoms with Gasteiger partial charge in [0.2, 0.25) is 0 Å². The van der Waals surface area contributed by atoms with E-state index in [4.69, 9.17) is 0 Å². The summed E-state index contributed by atoms with van der Waals surface area (Å²) >= 11 is 0. The monoisotopic (exact) mass is 352 g/mol. The first-order valence-electron chi connectivity index (χ1n) is 7.44. The maximum Gasteiger partial charge on any atom is 0.274 e. The Morgan fingerprint density at radius 1 is 1.25 bits per heavy atom. The molecular formula is C16H18ClFN4O2. The molecule has 1 saturated heterocycles. The molecular weight excluding hydrogens is 335 g/mol. The molecule has 1 aromatic carbocycles. The molecule has 6 nitrogen and oxygen atoms in total. The third-order valence-electron chi connectivity index (χ3n) is 3.85. The second-order valence-corrected chi connectivity index (χ2v) is 5.50. The Hall–Kier alpha value is -2.25. The second-order valence-electron chi connectivity index (χ2n) is 5.50. The summed E-state index contributed by atoms with van der Waals surface area (Å²) in [6.45, 7) is 4.01. The summed E-state index contributed by atoms with van der Waals surface area (Å²) in [6.07, 6.45) is 0. The van der Waals surface area contributed by atoms with Crippen molar-refractivity contribution in [3.63, 3.8) is 0 Å². The molecule has 1 amide bonds. The van der Waals surface area contributed by atoms with E-state index in [1.165, 1.54) is 36.4 Å². The van der Waals surface area contributed by atoms with E-state index in [2.05, 4.69) is 10.4 Å². The molecule has 0 unspecified atom stereocenters. The number of hydrogen-bond acceptors (Lipinski definition) is 4. The van der Waals surface area contributed by atoms with Gasteiger partial charge >= 0.3 is 0 Å². The van der Waals surface area contributed by atoms with Gasteiger partial charge in [-0.25, -0.2) is 4.39 Å². The molecule has 1 N–H and O–H groups in total. The van der Waals surface area contributed by atoms with Gasteiger partial charge in [-0.15, -0.1) is 12.4 Å². The number of piperazine rings is 1. The lowest BCUT2D eigenvalue weighted by Gasteiger charge is -2.33. The van der Waals surface area contributed by atoms with Crippen LogP contribution in [0.3, 0.4) is 0 Å². The van der Waals surface area contributed by atoms with Crippen molar-refractivity contribution < 1.29 is 9.18 Å². The molecule has 0 saturated carbocycles. The Labute approximate surface area is 144 Å². The molecule has 1 fully saturated rings. The molecule has 0 spiro atoms. The van der Waals surface area contributed by atoms with Crippen molar-refractivity contribution in [1.29, 1.82) is 0 Å². The molecule has 1 aromatic heterocycles. The third kappa shape index (κ3) is 3.63. The standard InChI is InChI=1S/C16H17FN4O2.ClH/c1-11-10-18-8-9-20(11)16(23)14-6-7-15(22)21(19-14)13-4-2-12(17)3-5-13;/h2-7,11,18H,8-10H2,1H3;1H/t11-;/m0./s1. The zero-order valence-corrected chi connectivity index (χ0v) is 13.9. The van der Waals surface area contributed by atoms with E-state index in [-0.39, 0.29) is 35.6 Å². The van der Waals surface area contributed by atoms with Crippen LogP contribution < -0.4 is 10.9 Å². The number of nitrogens with zero attached hydrogens (tertiary/aromatic N) is 3. The molecule has 1 aliphatic heterocycles. The maximum absolute atomic E-state index is 13.0. The summed E-state index contributed by atoms with van der Waals surface area (Å²) in [4.78, 5) is 26.3. The molecule has 24 heavy (non-hydrogen) atoms. The molecule has 1 aliphatic rings. The van der Waals surface area contributed by atoms with Crippen LogP contribution >= 0.6 is 12.4 Å². The molecule has 0 radical (unpaired) electrons. The summed E-state index contributed by atoms with van der Waals surface area (Å²) < 4.78 is 14.1. The largest absolute Gasteiger partial charge is 0.332 e. The Kier molecular flexibility index (Phi) is 5.69. The van der Waals surface area contributed by atoms with Crippen molar-refractivity contribution in [2.45, 2.75) is 13.0 Å². The first-order chi connectivity index (χ1) is 11.1. The first-order valence-corrected chi connectivity index (χ1v) is 7.44. The fraction of sp³-hybridized carbons (Fsp3) is 0.312. The number of carbonyl (C=O) groups is 1. The minimum atomic E-state index is -0.399. The van der Waals surface area contributed by atoms with Crippen molar-refractivity contribution in [2.75, 3.05) is 19.6 Å². The Morgan fingerprint density at radius 2 is 1.96 bits per heavy atom. The van der Waals surface area contributed by atoms with Crippen molar-refractivity contribution in [2.24, 2.45) is 0 Å². The predicted octanol–water partition coefficient (Wildman–Crippen LogP) is 1.23. The van der Waals surface area contributed by atoms with Gasteiger partial charge in [0.15, 0.2) is 0 Å². The van der Waals surface area contributed by atoms with Gasteiger partial charge in [0.25, 0.3) is 11.5 Å². The van der Waals surface area contributed by atoms with Gasteiger partial charge in [-0.05, 0) is 37.3 Å². The topological polar surface area (TPSA) is 67.2 Å². The molecule has 8 heteroatoms. The van der Waals surface area contributed by atoms with Crippen LogP contribution in [0, 0.1) is 5.82 Å². The minimum Gasteiger partial charge on any atom is -0.332 e. The van der Waals surface area contributed by atoms with Gasteiger partial charge in [0.1, 0.15) is 11.5 Å². The van der Waals surface area contributed by atoms with Crippen molar-refractivity contribution in [3.8, 4) is 5.69 Å². The van der Waals surface area contributed by atoms with Crippen LogP contribution in [0.5, 0.6) is 0 Å². The van der Waals surface area contributed by atoms with Crippen LogP contribution in [0.2, 0.25) is 0 Å². The predicted molar refractivity (Wildman–Crippen MR) is 90.4 cm³/mol. The maximum atomic E-state index is 13.0. The van der Waals surface area contributed by atoms with E-state index in [9.17, 15) is 14.0 Å². The van der Waals surface area contributed by atoms with Gasteiger partial charge in [0.05, 0.1) is 5.69 Å². The lowest BCUT2D eigenvalue weighted by atomic mass is 10.2. The first kappa shape index (κ1) is 18.1. The van der Waals surface area contributed by atoms with Gasteiger partial charge in [-0.3, -0.25) is 9.59 Å². The SMILES string of the molecule is C[C@H]1CNCCN1C(=O)c1ccc(=O)n(-c2ccc(F)cc2)n1.Cl. The van der Waals surface area contributed by atoms with E-state index in [0.29, 0.717) is 12.2 Å². The fourth-order valence-electron chi connectivity index (χ4n) is 2.58. The Morgan fingerprint density at radius 3 is 2.62 bits per heavy atom. The average molecular weight is 353 g/mol. The summed E-state index contributed by atoms with van der Waals surface area (Å²) in [5.74, 6) is -0.612. The molecule has 0 aliphatic carbocycles. The number of benzene rings is 1. The van der Waals surface area contributed by atoms with Gasteiger partial charge in [-0.2, -0.15) is 9.78 Å². The molecule has 2 aromatic rings. The highest BCUT2D eigenvalue weighted by molar-refractivity contribution is 5.92. The number of hydrogen-bond donors (Lipinski definition) is 1. The number of rotatable bonds is 2. The summed E-state index contributed by atoms with van der Waals surface area (Å²) in [7, 11) is 0. The van der Waals surface area contributed by atoms with Crippen molar-refractivity contribution in [3.05, 3.63) is 58.3 Å². The van der Waals surface area contributed by atoms with Crippen molar-refractivity contribution >= 4 is 18.3 Å². The summed E-state index contributed by atoms with van der Waals surface area (Å²) in [6, 6.07) is 8.18. The van der Waals surface area contributed by atoms with Crippen LogP contribution in [-0.2, 0) is 0 Å². The zero-order chi connectivity index (χ0) is 16.4. The lowest BCUT2D eigenvalue weighted by Crippen LogP contribution is -2.52. The molecule has 2 heterocycles. The second kappa shape index (κ2) is 7.55. The number of nitrogens with one attached hydrogen (secondary N) is 1. The Balaban J connectivity index is 0.00000208. The van der Waals surface area contributed by atoms with E-state index in [1.807, 2.05) is 6.92 Å². The Bertz CT molecular complexity index is 778. The van der Waals surface area contributed by atoms with E-state index in [0.717, 1.165) is 17.8 Å². The normalized spacial score (nSPS) is 17.2. The summed E-state index contributed by atoms with van der Waals surface area (Å²) in [5.41, 5.74) is 0.239. The highest BCUT2D eigenvalue weighted by Crippen LogP contribution is 2.10. The van der Waals surface area contributed by atoms with E-state index in [1.54, 1.807) is 4.90 Å². The number of halogens is 2. The quantitative estimate of drug-likeness (QED) is 0.882. The molecule has 128 valence electrons. The number of carbonyl (C=O) groups excluding carboxylic acids is 1. The van der Waals surface area contributed by atoms with Crippen LogP contribution in [-0.4, -0.2) is 46.3 Å². The van der Waals surface area contributed by atoms with E-state index >= 15 is 0 Å². The third-order valence-corrected chi connectivity index (χ3v) is 3.85. The van der Waals surface area contributed by atoms with Crippen molar-refractivity contribution in [1.82, 2.24) is 20.0 Å². The molecule has 3 rings (SSSR count). The smallest absolute Gasteiger partial charge is 0.274 e. The number of amides is 1. The van der Waals surface area contributed by atoms with Crippen LogP contribution in [0.4, 0.5) is 4.39 Å². The van der Waals surface area contributed by atoms with Gasteiger partial charge in [-0.1, -0.05) is 0 Å². The fourth-order valence-corrected chi connectivity index (χ4v) is 2.58. The summed E-state index contributed by atoms with van der Waals surface area (Å²) in [5, 5.41) is 7.37. The highest BCUT2D eigenvalue weighted by Gasteiger charge is 2.25.